The van der Waals surface area contributed by atoms with Crippen LogP contribution in [0.25, 0.3) is 10.4 Å². The van der Waals surface area contributed by atoms with Gasteiger partial charge in [-0.05, 0) is 23.7 Å². The second-order valence-corrected chi connectivity index (χ2v) is 3.53. The summed E-state index contributed by atoms with van der Waals surface area (Å²) in [6, 6.07) is 6.48. The predicted molar refractivity (Wildman–Crippen MR) is 54.0 cm³/mol. The molecule has 2 rings (SSSR count). The maximum atomic E-state index is 10.8. The van der Waals surface area contributed by atoms with Crippen LogP contribution in [0.5, 0.6) is 5.75 Å². The third kappa shape index (κ3) is 1.66. The number of para-hydroxylation sites is 1. The summed E-state index contributed by atoms with van der Waals surface area (Å²) in [6.07, 6.45) is 0. The highest BCUT2D eigenvalue weighted by Crippen LogP contribution is 2.32. The highest BCUT2D eigenvalue weighted by molar-refractivity contribution is 7.09. The quantitative estimate of drug-likeness (QED) is 0.806. The summed E-state index contributed by atoms with van der Waals surface area (Å²) >= 11 is 0.943. The zero-order valence-corrected chi connectivity index (χ0v) is 8.23. The van der Waals surface area contributed by atoms with Gasteiger partial charge in [0.1, 0.15) is 5.75 Å². The van der Waals surface area contributed by atoms with E-state index in [-0.39, 0.29) is 11.4 Å². The average molecular weight is 222 g/mol. The van der Waals surface area contributed by atoms with E-state index in [4.69, 9.17) is 5.11 Å². The van der Waals surface area contributed by atoms with Gasteiger partial charge in [0.05, 0.1) is 4.88 Å². The Labute approximate surface area is 88.8 Å². The minimum absolute atomic E-state index is 0.0195. The molecule has 2 aromatic rings. The van der Waals surface area contributed by atoms with Gasteiger partial charge < -0.3 is 10.2 Å². The summed E-state index contributed by atoms with van der Waals surface area (Å²) in [7, 11) is 0. The molecule has 5 nitrogen and oxygen atoms in total. The molecule has 0 fully saturated rings. The van der Waals surface area contributed by atoms with Crippen LogP contribution in [0.2, 0.25) is 0 Å². The van der Waals surface area contributed by atoms with Crippen molar-refractivity contribution in [3.63, 3.8) is 0 Å². The minimum atomic E-state index is -1.15. The van der Waals surface area contributed by atoms with Crippen molar-refractivity contribution in [1.29, 1.82) is 0 Å². The van der Waals surface area contributed by atoms with Gasteiger partial charge in [0, 0.05) is 5.56 Å². The number of nitrogens with zero attached hydrogens (tertiary/aromatic N) is 2. The van der Waals surface area contributed by atoms with E-state index in [2.05, 4.69) is 9.59 Å². The molecule has 0 saturated carbocycles. The van der Waals surface area contributed by atoms with Crippen LogP contribution >= 0.6 is 11.5 Å². The van der Waals surface area contributed by atoms with Gasteiger partial charge in [0.15, 0.2) is 5.69 Å². The van der Waals surface area contributed by atoms with Gasteiger partial charge in [-0.1, -0.05) is 16.6 Å². The van der Waals surface area contributed by atoms with Crippen LogP contribution in [0.1, 0.15) is 10.5 Å². The molecule has 0 unspecified atom stereocenters. The number of hydrogen-bond acceptors (Lipinski definition) is 5. The van der Waals surface area contributed by atoms with Gasteiger partial charge in [0.25, 0.3) is 0 Å². The number of carboxylic acid groups (broad SMARTS) is 1. The Hall–Kier alpha value is -1.95. The molecule has 0 saturated heterocycles. The number of carbonyl (C=O) groups is 1. The smallest absolute Gasteiger partial charge is 0.358 e. The molecule has 0 amide bonds. The number of rotatable bonds is 2. The summed E-state index contributed by atoms with van der Waals surface area (Å²) in [5.41, 5.74) is 0.298. The zero-order chi connectivity index (χ0) is 10.8. The second kappa shape index (κ2) is 3.66. The van der Waals surface area contributed by atoms with Gasteiger partial charge in [-0.15, -0.1) is 5.10 Å². The van der Waals surface area contributed by atoms with Crippen molar-refractivity contribution in [2.24, 2.45) is 0 Å². The molecule has 0 aliphatic rings. The summed E-state index contributed by atoms with van der Waals surface area (Å²) in [5, 5.41) is 21.9. The molecular formula is C9H6N2O3S. The van der Waals surface area contributed by atoms with Gasteiger partial charge in [-0.3, -0.25) is 0 Å². The number of phenols is 1. The second-order valence-electron chi connectivity index (χ2n) is 2.77. The summed E-state index contributed by atoms with van der Waals surface area (Å²) < 4.78 is 3.56. The Morgan fingerprint density at radius 2 is 2.07 bits per heavy atom. The lowest BCUT2D eigenvalue weighted by molar-refractivity contribution is 0.0691. The molecule has 1 aromatic carbocycles. The Bertz CT molecular complexity index is 510. The van der Waals surface area contributed by atoms with Crippen molar-refractivity contribution in [3.8, 4) is 16.2 Å². The Morgan fingerprint density at radius 1 is 1.33 bits per heavy atom. The molecule has 6 heteroatoms. The van der Waals surface area contributed by atoms with Crippen molar-refractivity contribution < 1.29 is 15.0 Å². The third-order valence-corrected chi connectivity index (χ3v) is 2.60. The van der Waals surface area contributed by atoms with E-state index >= 15 is 0 Å². The summed E-state index contributed by atoms with van der Waals surface area (Å²) in [6.45, 7) is 0. The number of aromatic carboxylic acids is 1. The number of phenolic OH excluding ortho intramolecular Hbond substituents is 1. The fourth-order valence-electron chi connectivity index (χ4n) is 1.17. The van der Waals surface area contributed by atoms with E-state index in [1.54, 1.807) is 18.2 Å². The topological polar surface area (TPSA) is 83.3 Å². The van der Waals surface area contributed by atoms with Crippen molar-refractivity contribution in [2.75, 3.05) is 0 Å². The van der Waals surface area contributed by atoms with Crippen LogP contribution in [0.4, 0.5) is 0 Å². The molecule has 1 aromatic heterocycles. The lowest BCUT2D eigenvalue weighted by Gasteiger charge is -2.00. The van der Waals surface area contributed by atoms with Gasteiger partial charge in [-0.25, -0.2) is 4.79 Å². The Kier molecular flexibility index (Phi) is 2.34. The highest BCUT2D eigenvalue weighted by atomic mass is 32.1. The van der Waals surface area contributed by atoms with Crippen LogP contribution in [-0.2, 0) is 0 Å². The first kappa shape index (κ1) is 9.60. The van der Waals surface area contributed by atoms with Crippen LogP contribution in [0.15, 0.2) is 24.3 Å². The van der Waals surface area contributed by atoms with E-state index in [0.717, 1.165) is 11.5 Å². The van der Waals surface area contributed by atoms with Crippen molar-refractivity contribution in [2.45, 2.75) is 0 Å². The first-order valence-corrected chi connectivity index (χ1v) is 4.81. The molecule has 0 bridgehead atoms. The lowest BCUT2D eigenvalue weighted by atomic mass is 10.1. The lowest BCUT2D eigenvalue weighted by Crippen LogP contribution is -1.98. The number of benzene rings is 1. The maximum absolute atomic E-state index is 10.8. The van der Waals surface area contributed by atoms with Crippen LogP contribution in [-0.4, -0.2) is 25.8 Å². The highest BCUT2D eigenvalue weighted by Gasteiger charge is 2.18. The van der Waals surface area contributed by atoms with Crippen LogP contribution in [0.3, 0.4) is 0 Å². The molecule has 0 aliphatic carbocycles. The molecule has 2 N–H and O–H groups in total. The first-order valence-electron chi connectivity index (χ1n) is 4.04. The van der Waals surface area contributed by atoms with Crippen LogP contribution in [0, 0.1) is 0 Å². The van der Waals surface area contributed by atoms with Gasteiger partial charge in [-0.2, -0.15) is 0 Å². The van der Waals surface area contributed by atoms with E-state index in [9.17, 15) is 9.90 Å². The number of aromatic hydroxyl groups is 1. The standard InChI is InChI=1S/C9H6N2O3S/c12-6-4-2-1-3-5(6)8-7(9(13)14)10-11-15-8/h1-4,12H,(H,13,14). The average Bonchev–Trinajstić information content (AvgIpc) is 2.67. The zero-order valence-electron chi connectivity index (χ0n) is 7.41. The van der Waals surface area contributed by atoms with E-state index in [1.807, 2.05) is 0 Å². The largest absolute Gasteiger partial charge is 0.507 e. The molecule has 0 spiro atoms. The molecular weight excluding hydrogens is 216 g/mol. The Morgan fingerprint density at radius 3 is 2.73 bits per heavy atom. The van der Waals surface area contributed by atoms with Crippen molar-refractivity contribution in [1.82, 2.24) is 9.59 Å². The third-order valence-electron chi connectivity index (χ3n) is 1.84. The predicted octanol–water partition coefficient (Wildman–Crippen LogP) is 1.61. The van der Waals surface area contributed by atoms with Crippen molar-refractivity contribution in [3.05, 3.63) is 30.0 Å². The SMILES string of the molecule is O=C(O)c1nnsc1-c1ccccc1O. The fraction of sp³-hybridized carbons (Fsp3) is 0. The van der Waals surface area contributed by atoms with E-state index in [0.29, 0.717) is 10.4 Å². The molecule has 1 heterocycles. The number of carboxylic acids is 1. The normalized spacial score (nSPS) is 10.1. The van der Waals surface area contributed by atoms with Crippen LogP contribution < -0.4 is 0 Å². The number of aromatic nitrogens is 2. The molecule has 0 radical (unpaired) electrons. The minimum Gasteiger partial charge on any atom is -0.507 e. The first-order chi connectivity index (χ1) is 7.20. The Balaban J connectivity index is 2.59. The monoisotopic (exact) mass is 222 g/mol. The fourth-order valence-corrected chi connectivity index (χ4v) is 1.86. The van der Waals surface area contributed by atoms with E-state index < -0.39 is 5.97 Å². The maximum Gasteiger partial charge on any atom is 0.358 e. The molecule has 0 aliphatic heterocycles. The van der Waals surface area contributed by atoms with Crippen molar-refractivity contribution >= 4 is 17.5 Å². The number of hydrogen-bond donors (Lipinski definition) is 2. The summed E-state index contributed by atoms with van der Waals surface area (Å²) in [4.78, 5) is 11.2. The molecule has 0 atom stereocenters. The molecule has 15 heavy (non-hydrogen) atoms. The van der Waals surface area contributed by atoms with Gasteiger partial charge >= 0.3 is 5.97 Å². The summed E-state index contributed by atoms with van der Waals surface area (Å²) in [5.74, 6) is -1.13. The van der Waals surface area contributed by atoms with Gasteiger partial charge in [0.2, 0.25) is 0 Å². The molecule has 76 valence electrons. The van der Waals surface area contributed by atoms with E-state index in [1.165, 1.54) is 6.07 Å².